The van der Waals surface area contributed by atoms with Crippen LogP contribution in [0.25, 0.3) is 10.9 Å². The van der Waals surface area contributed by atoms with Crippen LogP contribution in [0.1, 0.15) is 25.0 Å². The Morgan fingerprint density at radius 2 is 2.00 bits per heavy atom. The van der Waals surface area contributed by atoms with Crippen molar-refractivity contribution in [2.45, 2.75) is 27.2 Å². The van der Waals surface area contributed by atoms with Crippen molar-refractivity contribution in [2.24, 2.45) is 0 Å². The summed E-state index contributed by atoms with van der Waals surface area (Å²) in [6.07, 6.45) is 1.01. The zero-order valence-corrected chi connectivity index (χ0v) is 10.2. The van der Waals surface area contributed by atoms with Crippen LogP contribution < -0.4 is 5.32 Å². The van der Waals surface area contributed by atoms with E-state index in [4.69, 9.17) is 0 Å². The second-order valence-corrected chi connectivity index (χ2v) is 4.08. The fourth-order valence-corrected chi connectivity index (χ4v) is 1.93. The molecule has 0 saturated heterocycles. The molecule has 2 nitrogen and oxygen atoms in total. The molecule has 0 amide bonds. The van der Waals surface area contributed by atoms with Crippen LogP contribution in [-0.4, -0.2) is 11.5 Å². The lowest BCUT2D eigenvalue weighted by molar-refractivity contribution is 1.08. The van der Waals surface area contributed by atoms with E-state index >= 15 is 0 Å². The summed E-state index contributed by atoms with van der Waals surface area (Å²) in [6, 6.07) is 8.63. The third-order valence-electron chi connectivity index (χ3n) is 2.77. The highest BCUT2D eigenvalue weighted by atomic mass is 15.0. The summed E-state index contributed by atoms with van der Waals surface area (Å²) < 4.78 is 0. The molecule has 0 aliphatic heterocycles. The second kappa shape index (κ2) is 4.52. The Labute approximate surface area is 96.7 Å². The lowest BCUT2D eigenvalue weighted by Gasteiger charge is -2.10. The van der Waals surface area contributed by atoms with Gasteiger partial charge in [-0.05, 0) is 44.0 Å². The number of rotatable bonds is 3. The average molecular weight is 214 g/mol. The molecule has 0 fully saturated rings. The molecular formula is C14H18N2. The van der Waals surface area contributed by atoms with E-state index in [2.05, 4.69) is 55.3 Å². The topological polar surface area (TPSA) is 24.9 Å². The van der Waals surface area contributed by atoms with Gasteiger partial charge in [0, 0.05) is 11.9 Å². The number of nitrogens with zero attached hydrogens (tertiary/aromatic N) is 1. The SMILES string of the molecule is CCNc1nc2ccc(C)cc2cc1CC. The predicted octanol–water partition coefficient (Wildman–Crippen LogP) is 3.54. The number of hydrogen-bond donors (Lipinski definition) is 1. The van der Waals surface area contributed by atoms with E-state index in [1.807, 2.05) is 0 Å². The smallest absolute Gasteiger partial charge is 0.129 e. The van der Waals surface area contributed by atoms with Gasteiger partial charge in [-0.2, -0.15) is 0 Å². The number of pyridine rings is 1. The third-order valence-corrected chi connectivity index (χ3v) is 2.77. The zero-order valence-electron chi connectivity index (χ0n) is 10.2. The Balaban J connectivity index is 2.60. The molecule has 0 aliphatic rings. The first kappa shape index (κ1) is 10.9. The van der Waals surface area contributed by atoms with Gasteiger partial charge in [0.2, 0.25) is 0 Å². The quantitative estimate of drug-likeness (QED) is 0.845. The van der Waals surface area contributed by atoms with Crippen molar-refractivity contribution in [3.63, 3.8) is 0 Å². The van der Waals surface area contributed by atoms with Crippen molar-refractivity contribution < 1.29 is 0 Å². The van der Waals surface area contributed by atoms with Gasteiger partial charge in [-0.15, -0.1) is 0 Å². The normalized spacial score (nSPS) is 10.7. The second-order valence-electron chi connectivity index (χ2n) is 4.08. The van der Waals surface area contributed by atoms with Crippen molar-refractivity contribution >= 4 is 16.7 Å². The molecule has 0 atom stereocenters. The Morgan fingerprint density at radius 3 is 2.69 bits per heavy atom. The molecule has 2 aromatic rings. The molecule has 0 bridgehead atoms. The summed E-state index contributed by atoms with van der Waals surface area (Å²) in [5.41, 5.74) is 3.64. The highest BCUT2D eigenvalue weighted by Crippen LogP contribution is 2.21. The van der Waals surface area contributed by atoms with Gasteiger partial charge in [-0.25, -0.2) is 4.98 Å². The van der Waals surface area contributed by atoms with Crippen LogP contribution in [0.3, 0.4) is 0 Å². The number of anilines is 1. The van der Waals surface area contributed by atoms with E-state index in [1.54, 1.807) is 0 Å². The van der Waals surface area contributed by atoms with Crippen molar-refractivity contribution in [3.8, 4) is 0 Å². The van der Waals surface area contributed by atoms with Gasteiger partial charge in [0.05, 0.1) is 5.52 Å². The van der Waals surface area contributed by atoms with Crippen LogP contribution in [0.4, 0.5) is 5.82 Å². The molecule has 0 aliphatic carbocycles. The number of hydrogen-bond acceptors (Lipinski definition) is 2. The lowest BCUT2D eigenvalue weighted by atomic mass is 10.1. The number of benzene rings is 1. The van der Waals surface area contributed by atoms with Crippen molar-refractivity contribution in [2.75, 3.05) is 11.9 Å². The summed E-state index contributed by atoms with van der Waals surface area (Å²) in [7, 11) is 0. The van der Waals surface area contributed by atoms with Gasteiger partial charge < -0.3 is 5.32 Å². The Hall–Kier alpha value is -1.57. The van der Waals surface area contributed by atoms with E-state index in [0.29, 0.717) is 0 Å². The third kappa shape index (κ3) is 2.01. The minimum absolute atomic E-state index is 0.914. The Bertz CT molecular complexity index is 503. The first-order valence-corrected chi connectivity index (χ1v) is 5.88. The van der Waals surface area contributed by atoms with Gasteiger partial charge >= 0.3 is 0 Å². The molecule has 1 heterocycles. The van der Waals surface area contributed by atoms with Crippen molar-refractivity contribution in [1.29, 1.82) is 0 Å². The number of aromatic nitrogens is 1. The summed E-state index contributed by atoms with van der Waals surface area (Å²) in [5.74, 6) is 1.03. The Morgan fingerprint density at radius 1 is 1.19 bits per heavy atom. The van der Waals surface area contributed by atoms with Gasteiger partial charge in [-0.1, -0.05) is 18.6 Å². The largest absolute Gasteiger partial charge is 0.370 e. The molecule has 1 N–H and O–H groups in total. The lowest BCUT2D eigenvalue weighted by Crippen LogP contribution is -2.03. The molecule has 84 valence electrons. The van der Waals surface area contributed by atoms with Crippen LogP contribution in [-0.2, 0) is 6.42 Å². The standard InChI is InChI=1S/C14H18N2/c1-4-11-9-12-8-10(3)6-7-13(12)16-14(11)15-5-2/h6-9H,4-5H2,1-3H3,(H,15,16). The Kier molecular flexibility index (Phi) is 3.09. The van der Waals surface area contributed by atoms with Gasteiger partial charge in [-0.3, -0.25) is 0 Å². The average Bonchev–Trinajstić information content (AvgIpc) is 2.29. The molecule has 2 heteroatoms. The molecule has 1 aromatic carbocycles. The summed E-state index contributed by atoms with van der Waals surface area (Å²) in [5, 5.41) is 4.56. The highest BCUT2D eigenvalue weighted by Gasteiger charge is 2.04. The fourth-order valence-electron chi connectivity index (χ4n) is 1.93. The van der Waals surface area contributed by atoms with Gasteiger partial charge in [0.15, 0.2) is 0 Å². The van der Waals surface area contributed by atoms with Crippen molar-refractivity contribution in [3.05, 3.63) is 35.4 Å². The molecular weight excluding hydrogens is 196 g/mol. The summed E-state index contributed by atoms with van der Waals surface area (Å²) in [4.78, 5) is 4.67. The maximum atomic E-state index is 4.67. The van der Waals surface area contributed by atoms with Crippen LogP contribution >= 0.6 is 0 Å². The summed E-state index contributed by atoms with van der Waals surface area (Å²) in [6.45, 7) is 7.29. The molecule has 0 radical (unpaired) electrons. The molecule has 0 saturated carbocycles. The minimum atomic E-state index is 0.914. The number of fused-ring (bicyclic) bond motifs is 1. The van der Waals surface area contributed by atoms with E-state index in [9.17, 15) is 0 Å². The monoisotopic (exact) mass is 214 g/mol. The van der Waals surface area contributed by atoms with E-state index in [0.717, 1.165) is 24.3 Å². The molecule has 1 aromatic heterocycles. The van der Waals surface area contributed by atoms with Gasteiger partial charge in [0.1, 0.15) is 5.82 Å². The van der Waals surface area contributed by atoms with Crippen LogP contribution in [0.2, 0.25) is 0 Å². The predicted molar refractivity (Wildman–Crippen MR) is 70.0 cm³/mol. The van der Waals surface area contributed by atoms with Crippen LogP contribution in [0, 0.1) is 6.92 Å². The summed E-state index contributed by atoms with van der Waals surface area (Å²) >= 11 is 0. The minimum Gasteiger partial charge on any atom is -0.370 e. The first-order valence-electron chi connectivity index (χ1n) is 5.88. The fraction of sp³-hybridized carbons (Fsp3) is 0.357. The highest BCUT2D eigenvalue weighted by molar-refractivity contribution is 5.82. The first-order chi connectivity index (χ1) is 7.74. The zero-order chi connectivity index (χ0) is 11.5. The molecule has 16 heavy (non-hydrogen) atoms. The van der Waals surface area contributed by atoms with Gasteiger partial charge in [0.25, 0.3) is 0 Å². The van der Waals surface area contributed by atoms with E-state index in [1.165, 1.54) is 16.5 Å². The van der Waals surface area contributed by atoms with Crippen LogP contribution in [0.5, 0.6) is 0 Å². The maximum Gasteiger partial charge on any atom is 0.129 e. The number of nitrogens with one attached hydrogen (secondary N) is 1. The molecule has 0 unspecified atom stereocenters. The number of aryl methyl sites for hydroxylation is 2. The van der Waals surface area contributed by atoms with Crippen LogP contribution in [0.15, 0.2) is 24.3 Å². The maximum absolute atomic E-state index is 4.67. The van der Waals surface area contributed by atoms with Crippen molar-refractivity contribution in [1.82, 2.24) is 4.98 Å². The molecule has 0 spiro atoms. The molecule has 2 rings (SSSR count). The van der Waals surface area contributed by atoms with E-state index in [-0.39, 0.29) is 0 Å². The van der Waals surface area contributed by atoms with E-state index < -0.39 is 0 Å².